The molecule has 0 aliphatic carbocycles. The Balaban J connectivity index is 1.20. The minimum Gasteiger partial charge on any atom is -0.486 e. The van der Waals surface area contributed by atoms with Crippen LogP contribution in [0.15, 0.2) is 36.4 Å². The van der Waals surface area contributed by atoms with Gasteiger partial charge in [0.25, 0.3) is 0 Å². The lowest BCUT2D eigenvalue weighted by molar-refractivity contribution is -0.122. The third kappa shape index (κ3) is 5.37. The normalized spacial score (nSPS) is 16.0. The predicted octanol–water partition coefficient (Wildman–Crippen LogP) is 2.28. The van der Waals surface area contributed by atoms with Crippen molar-refractivity contribution in [2.45, 2.75) is 13.3 Å². The van der Waals surface area contributed by atoms with Gasteiger partial charge in [0.2, 0.25) is 5.91 Å². The first kappa shape index (κ1) is 22.1. The highest BCUT2D eigenvalue weighted by molar-refractivity contribution is 5.94. The van der Waals surface area contributed by atoms with Crippen molar-refractivity contribution in [3.63, 3.8) is 0 Å². The van der Waals surface area contributed by atoms with E-state index in [1.807, 2.05) is 23.1 Å². The summed E-state index contributed by atoms with van der Waals surface area (Å²) in [7, 11) is 0. The standard InChI is InChI=1S/C24H28FN3O4/c1-17(29)19-3-4-21(20(25)15-19)28-10-8-27(9-11-28)16-24(30)26-7-6-18-2-5-22-23(14-18)32-13-12-31-22/h2-5,14-15H,6-13,16H2,1H3,(H,26,30). The second kappa shape index (κ2) is 9.99. The molecular formula is C24H28FN3O4. The highest BCUT2D eigenvalue weighted by Gasteiger charge is 2.21. The number of benzene rings is 2. The first-order valence-electron chi connectivity index (χ1n) is 10.9. The number of piperazine rings is 1. The van der Waals surface area contributed by atoms with Gasteiger partial charge in [0.05, 0.1) is 12.2 Å². The van der Waals surface area contributed by atoms with E-state index >= 15 is 0 Å². The van der Waals surface area contributed by atoms with Crippen LogP contribution >= 0.6 is 0 Å². The van der Waals surface area contributed by atoms with Gasteiger partial charge >= 0.3 is 0 Å². The van der Waals surface area contributed by atoms with Crippen LogP contribution in [0.5, 0.6) is 11.5 Å². The highest BCUT2D eigenvalue weighted by atomic mass is 19.1. The van der Waals surface area contributed by atoms with Gasteiger partial charge in [-0.2, -0.15) is 0 Å². The quantitative estimate of drug-likeness (QED) is 0.665. The van der Waals surface area contributed by atoms with Gasteiger partial charge in [0, 0.05) is 38.3 Å². The van der Waals surface area contributed by atoms with E-state index in [1.165, 1.54) is 13.0 Å². The maximum atomic E-state index is 14.4. The molecule has 7 nitrogen and oxygen atoms in total. The average Bonchev–Trinajstić information content (AvgIpc) is 2.79. The Hall–Kier alpha value is -3.13. The number of hydrogen-bond acceptors (Lipinski definition) is 6. The van der Waals surface area contributed by atoms with Crippen LogP contribution in [0.2, 0.25) is 0 Å². The summed E-state index contributed by atoms with van der Waals surface area (Å²) in [6.45, 7) is 6.00. The van der Waals surface area contributed by atoms with Crippen molar-refractivity contribution in [2.75, 3.05) is 57.4 Å². The largest absolute Gasteiger partial charge is 0.486 e. The molecule has 1 N–H and O–H groups in total. The van der Waals surface area contributed by atoms with E-state index in [-0.39, 0.29) is 17.5 Å². The fourth-order valence-electron chi connectivity index (χ4n) is 3.98. The fraction of sp³-hybridized carbons (Fsp3) is 0.417. The third-order valence-corrected chi connectivity index (χ3v) is 5.78. The summed E-state index contributed by atoms with van der Waals surface area (Å²) in [6, 6.07) is 10.5. The van der Waals surface area contributed by atoms with Crippen molar-refractivity contribution in [3.8, 4) is 11.5 Å². The molecule has 1 amide bonds. The van der Waals surface area contributed by atoms with Gasteiger partial charge in [0.15, 0.2) is 17.3 Å². The van der Waals surface area contributed by atoms with E-state index < -0.39 is 0 Å². The molecule has 1 saturated heterocycles. The molecule has 2 aliphatic rings. The van der Waals surface area contributed by atoms with Gasteiger partial charge in [-0.25, -0.2) is 4.39 Å². The van der Waals surface area contributed by atoms with Crippen molar-refractivity contribution in [1.29, 1.82) is 0 Å². The Morgan fingerprint density at radius 3 is 2.47 bits per heavy atom. The highest BCUT2D eigenvalue weighted by Crippen LogP contribution is 2.30. The summed E-state index contributed by atoms with van der Waals surface area (Å²) in [6.07, 6.45) is 0.714. The van der Waals surface area contributed by atoms with Gasteiger partial charge in [-0.05, 0) is 49.2 Å². The zero-order chi connectivity index (χ0) is 22.5. The van der Waals surface area contributed by atoms with E-state index in [1.54, 1.807) is 12.1 Å². The molecule has 2 heterocycles. The zero-order valence-electron chi connectivity index (χ0n) is 18.2. The molecule has 2 aliphatic heterocycles. The Labute approximate surface area is 187 Å². The van der Waals surface area contributed by atoms with Crippen LogP contribution in [0.3, 0.4) is 0 Å². The molecule has 170 valence electrons. The molecule has 4 rings (SSSR count). The van der Waals surface area contributed by atoms with Gasteiger partial charge in [-0.3, -0.25) is 14.5 Å². The number of amides is 1. The second-order valence-corrected chi connectivity index (χ2v) is 8.06. The molecule has 0 aromatic heterocycles. The summed E-state index contributed by atoms with van der Waals surface area (Å²) in [5.74, 6) is 0.958. The lowest BCUT2D eigenvalue weighted by Crippen LogP contribution is -2.49. The summed E-state index contributed by atoms with van der Waals surface area (Å²) >= 11 is 0. The van der Waals surface area contributed by atoms with Crippen molar-refractivity contribution in [1.82, 2.24) is 10.2 Å². The van der Waals surface area contributed by atoms with Crippen molar-refractivity contribution in [3.05, 3.63) is 53.3 Å². The number of fused-ring (bicyclic) bond motifs is 1. The van der Waals surface area contributed by atoms with Gasteiger partial charge < -0.3 is 19.7 Å². The first-order chi connectivity index (χ1) is 15.5. The molecule has 8 heteroatoms. The van der Waals surface area contributed by atoms with Crippen molar-refractivity contribution < 1.29 is 23.5 Å². The van der Waals surface area contributed by atoms with E-state index in [0.717, 1.165) is 17.1 Å². The number of carbonyl (C=O) groups excluding carboxylic acids is 2. The lowest BCUT2D eigenvalue weighted by Gasteiger charge is -2.35. The Morgan fingerprint density at radius 2 is 1.75 bits per heavy atom. The second-order valence-electron chi connectivity index (χ2n) is 8.06. The monoisotopic (exact) mass is 441 g/mol. The van der Waals surface area contributed by atoms with E-state index in [9.17, 15) is 14.0 Å². The van der Waals surface area contributed by atoms with E-state index in [4.69, 9.17) is 9.47 Å². The third-order valence-electron chi connectivity index (χ3n) is 5.78. The SMILES string of the molecule is CC(=O)c1ccc(N2CCN(CC(=O)NCCc3ccc4c(c3)OCCO4)CC2)c(F)c1. The Kier molecular flexibility index (Phi) is 6.90. The average molecular weight is 442 g/mol. The maximum Gasteiger partial charge on any atom is 0.234 e. The molecule has 0 bridgehead atoms. The number of nitrogens with zero attached hydrogens (tertiary/aromatic N) is 2. The molecule has 0 spiro atoms. The minimum atomic E-state index is -0.386. The number of carbonyl (C=O) groups is 2. The Bertz CT molecular complexity index is 989. The maximum absolute atomic E-state index is 14.4. The summed E-state index contributed by atoms with van der Waals surface area (Å²) in [4.78, 5) is 27.8. The number of halogens is 1. The number of rotatable bonds is 7. The number of Topliss-reactive ketones (excluding diaryl/α,β-unsaturated/α-hetero) is 1. The molecule has 32 heavy (non-hydrogen) atoms. The molecule has 0 unspecified atom stereocenters. The van der Waals surface area contributed by atoms with Gasteiger partial charge in [0.1, 0.15) is 19.0 Å². The minimum absolute atomic E-state index is 0.0204. The number of nitrogens with one attached hydrogen (secondary N) is 1. The van der Waals surface area contributed by atoms with Crippen molar-refractivity contribution >= 4 is 17.4 Å². The van der Waals surface area contributed by atoms with Crippen LogP contribution < -0.4 is 19.7 Å². The smallest absolute Gasteiger partial charge is 0.234 e. The van der Waals surface area contributed by atoms with Crippen LogP contribution in [-0.2, 0) is 11.2 Å². The number of ether oxygens (including phenoxy) is 2. The molecule has 1 fully saturated rings. The summed E-state index contributed by atoms with van der Waals surface area (Å²) < 4.78 is 25.5. The van der Waals surface area contributed by atoms with Crippen LogP contribution in [0, 0.1) is 5.82 Å². The number of anilines is 1. The predicted molar refractivity (Wildman–Crippen MR) is 119 cm³/mol. The molecule has 0 radical (unpaired) electrons. The van der Waals surface area contributed by atoms with Crippen LogP contribution in [0.25, 0.3) is 0 Å². The van der Waals surface area contributed by atoms with Crippen LogP contribution in [0.4, 0.5) is 10.1 Å². The summed E-state index contributed by atoms with van der Waals surface area (Å²) in [5.41, 5.74) is 1.96. The zero-order valence-corrected chi connectivity index (χ0v) is 18.2. The molecule has 2 aromatic carbocycles. The first-order valence-corrected chi connectivity index (χ1v) is 10.9. The number of hydrogen-bond donors (Lipinski definition) is 1. The topological polar surface area (TPSA) is 71.1 Å². The molecule has 0 atom stereocenters. The molecule has 0 saturated carbocycles. The molecule has 2 aromatic rings. The van der Waals surface area contributed by atoms with Gasteiger partial charge in [-0.1, -0.05) is 6.07 Å². The van der Waals surface area contributed by atoms with E-state index in [2.05, 4.69) is 10.2 Å². The Morgan fingerprint density at radius 1 is 1.00 bits per heavy atom. The summed E-state index contributed by atoms with van der Waals surface area (Å²) in [5, 5.41) is 2.97. The molecular weight excluding hydrogens is 413 g/mol. The number of ketones is 1. The lowest BCUT2D eigenvalue weighted by atomic mass is 10.1. The van der Waals surface area contributed by atoms with Crippen LogP contribution in [0.1, 0.15) is 22.8 Å². The van der Waals surface area contributed by atoms with Crippen LogP contribution in [-0.4, -0.2) is 69.1 Å². The fourth-order valence-corrected chi connectivity index (χ4v) is 3.98. The van der Waals surface area contributed by atoms with Gasteiger partial charge in [-0.15, -0.1) is 0 Å². The van der Waals surface area contributed by atoms with Crippen molar-refractivity contribution in [2.24, 2.45) is 0 Å². The van der Waals surface area contributed by atoms with E-state index in [0.29, 0.717) is 70.2 Å².